The smallest absolute Gasteiger partial charge is 0.151 e. The van der Waals surface area contributed by atoms with Gasteiger partial charge in [0.15, 0.2) is 0 Å². The lowest BCUT2D eigenvalue weighted by Crippen LogP contribution is -2.53. The van der Waals surface area contributed by atoms with Crippen LogP contribution >= 0.6 is 138 Å². The average Bonchev–Trinajstić information content (AvgIpc) is 2.89. The van der Waals surface area contributed by atoms with Crippen LogP contribution in [0.3, 0.4) is 0 Å². The molecule has 0 spiro atoms. The fourth-order valence-electron chi connectivity index (χ4n) is 6.34. The van der Waals surface area contributed by atoms with Crippen molar-refractivity contribution < 1.29 is 0 Å². The third-order valence-electron chi connectivity index (χ3n) is 7.64. The van der Waals surface area contributed by atoms with Gasteiger partial charge in [-0.1, -0.05) is 70.7 Å². The molecule has 0 atom stereocenters. The largest absolute Gasteiger partial charge is 0.373 e. The number of thiol groups is 2. The quantitative estimate of drug-likeness (QED) is 0.0563. The highest BCUT2D eigenvalue weighted by Crippen LogP contribution is 2.55. The molecular formula is C26H8Cl10S2Si2. The Bertz CT molecular complexity index is 2360. The van der Waals surface area contributed by atoms with Crippen molar-refractivity contribution in [1.29, 1.82) is 0 Å². The average molecular weight is 795 g/mol. The summed E-state index contributed by atoms with van der Waals surface area (Å²) in [6.45, 7) is 0. The summed E-state index contributed by atoms with van der Waals surface area (Å²) in [5, 5.41) is 15.6. The third kappa shape index (κ3) is 3.64. The summed E-state index contributed by atoms with van der Waals surface area (Å²) in [6, 6.07) is 0.376. The maximum atomic E-state index is 7.09. The van der Waals surface area contributed by atoms with E-state index in [9.17, 15) is 0 Å². The van der Waals surface area contributed by atoms with Gasteiger partial charge >= 0.3 is 12.0 Å². The molecule has 7 aromatic rings. The minimum absolute atomic E-state index is 0.141. The van der Waals surface area contributed by atoms with E-state index >= 15 is 0 Å². The van der Waals surface area contributed by atoms with Crippen molar-refractivity contribution in [2.75, 3.05) is 0 Å². The standard InChI is InChI=1S/C26H8Cl10S2Si2/c27-21-9-4-2-7-1-3-8-10(5-37)11(6-38)15-16-13(8)12(7)14(9)17-18(16)20(24(30)23(29)19(17)22(21)28)26(40(34,35)36)25(15)39(31,32)33/h1-6,37-38H. The molecule has 0 amide bonds. The van der Waals surface area contributed by atoms with Crippen molar-refractivity contribution in [2.24, 2.45) is 0 Å². The molecule has 0 aliphatic rings. The fourth-order valence-corrected chi connectivity index (χ4v) is 16.0. The first-order valence-electron chi connectivity index (χ1n) is 11.3. The summed E-state index contributed by atoms with van der Waals surface area (Å²) in [7, 11) is 0. The number of hydrogen-bond acceptors (Lipinski definition) is 2. The second-order valence-corrected chi connectivity index (χ2v) is 28.1. The maximum absolute atomic E-state index is 7.09. The van der Waals surface area contributed by atoms with Gasteiger partial charge in [-0.2, -0.15) is 25.3 Å². The minimum atomic E-state index is -3.85. The maximum Gasteiger partial charge on any atom is 0.373 e. The Kier molecular flexibility index (Phi) is 7.03. The highest BCUT2D eigenvalue weighted by atomic mass is 35.8. The molecule has 0 unspecified atom stereocenters. The van der Waals surface area contributed by atoms with E-state index in [0.717, 1.165) is 48.3 Å². The molecule has 0 saturated heterocycles. The number of benzene rings is 7. The van der Waals surface area contributed by atoms with Crippen molar-refractivity contribution in [3.8, 4) is 0 Å². The Morgan fingerprint density at radius 3 is 1.48 bits per heavy atom. The summed E-state index contributed by atoms with van der Waals surface area (Å²) < 4.78 is 0. The normalized spacial score (nSPS) is 14.8. The topological polar surface area (TPSA) is 0 Å². The van der Waals surface area contributed by atoms with Crippen LogP contribution in [0.1, 0.15) is 0 Å². The summed E-state index contributed by atoms with van der Waals surface area (Å²) in [5.74, 6) is 0. The van der Waals surface area contributed by atoms with E-state index in [2.05, 4.69) is 25.3 Å². The molecule has 202 valence electrons. The minimum Gasteiger partial charge on any atom is -0.151 e. The van der Waals surface area contributed by atoms with E-state index in [1.807, 2.05) is 24.3 Å². The zero-order chi connectivity index (χ0) is 28.8. The van der Waals surface area contributed by atoms with Crippen LogP contribution in [-0.4, -0.2) is 12.0 Å². The first-order chi connectivity index (χ1) is 18.8. The first-order valence-corrected chi connectivity index (χ1v) is 23.9. The van der Waals surface area contributed by atoms with Gasteiger partial charge in [-0.25, -0.2) is 0 Å². The van der Waals surface area contributed by atoms with Crippen LogP contribution in [0.2, 0.25) is 20.1 Å². The predicted octanol–water partition coefficient (Wildman–Crippen LogP) is 10.6. The molecule has 0 aliphatic carbocycles. The van der Waals surface area contributed by atoms with E-state index in [-0.39, 0.29) is 20.3 Å². The van der Waals surface area contributed by atoms with Gasteiger partial charge in [0.2, 0.25) is 0 Å². The van der Waals surface area contributed by atoms with Crippen molar-refractivity contribution in [2.45, 2.75) is 0 Å². The molecule has 0 radical (unpaired) electrons. The summed E-state index contributed by atoms with van der Waals surface area (Å²) in [6.07, 6.45) is 0. The Balaban J connectivity index is 2.13. The third-order valence-corrected chi connectivity index (χ3v) is 15.7. The molecule has 7 rings (SSSR count). The van der Waals surface area contributed by atoms with Gasteiger partial charge in [-0.05, 0) is 63.9 Å². The van der Waals surface area contributed by atoms with E-state index in [0.29, 0.717) is 37.0 Å². The van der Waals surface area contributed by atoms with Crippen LogP contribution in [0.5, 0.6) is 0 Å². The van der Waals surface area contributed by atoms with Crippen molar-refractivity contribution in [1.82, 2.24) is 0 Å². The SMILES string of the molecule is SC=c1c(=CS)c2c([Si](Cl)(Cl)Cl)c([Si](Cl)(Cl)Cl)c3c(Cl)c(Cl)c4c(Cl)c(Cl)c5ccc6ccc1c1c6c5c4c3c21. The second-order valence-electron chi connectivity index (χ2n) is 9.41. The van der Waals surface area contributed by atoms with Gasteiger partial charge in [0.05, 0.1) is 20.1 Å². The van der Waals surface area contributed by atoms with Crippen LogP contribution in [0, 0.1) is 0 Å². The van der Waals surface area contributed by atoms with Crippen LogP contribution in [-0.2, 0) is 0 Å². The Hall–Kier alpha value is 0.654. The van der Waals surface area contributed by atoms with Crippen LogP contribution in [0.15, 0.2) is 24.3 Å². The number of rotatable bonds is 2. The summed E-state index contributed by atoms with van der Waals surface area (Å²) in [5.41, 5.74) is 0. The molecule has 0 aliphatic heterocycles. The van der Waals surface area contributed by atoms with Gasteiger partial charge in [0, 0.05) is 32.3 Å². The second kappa shape index (κ2) is 9.58. The van der Waals surface area contributed by atoms with Gasteiger partial charge < -0.3 is 0 Å². The Labute approximate surface area is 287 Å². The molecule has 0 bridgehead atoms. The van der Waals surface area contributed by atoms with Crippen LogP contribution in [0.25, 0.3) is 75.5 Å². The summed E-state index contributed by atoms with van der Waals surface area (Å²) >= 11 is 78.3. The van der Waals surface area contributed by atoms with Crippen molar-refractivity contribution in [3.63, 3.8) is 0 Å². The van der Waals surface area contributed by atoms with Gasteiger partial charge in [0.1, 0.15) is 0 Å². The van der Waals surface area contributed by atoms with Gasteiger partial charge in [-0.3, -0.25) is 0 Å². The Morgan fingerprint density at radius 1 is 0.450 bits per heavy atom. The molecule has 0 fully saturated rings. The molecule has 40 heavy (non-hydrogen) atoms. The molecule has 0 nitrogen and oxygen atoms in total. The fraction of sp³-hybridized carbons (Fsp3) is 0. The lowest BCUT2D eigenvalue weighted by atomic mass is 9.82. The molecule has 0 N–H and O–H groups in total. The summed E-state index contributed by atoms with van der Waals surface area (Å²) in [4.78, 5) is 0. The van der Waals surface area contributed by atoms with E-state index < -0.39 is 12.0 Å². The zero-order valence-corrected chi connectivity index (χ0v) is 30.5. The number of halogens is 10. The van der Waals surface area contributed by atoms with Crippen molar-refractivity contribution in [3.05, 3.63) is 54.8 Å². The molecule has 0 aromatic heterocycles. The first kappa shape index (κ1) is 29.4. The highest BCUT2D eigenvalue weighted by molar-refractivity contribution is 7.88. The predicted molar refractivity (Wildman–Crippen MR) is 197 cm³/mol. The molecule has 14 heteroatoms. The molecule has 0 heterocycles. The van der Waals surface area contributed by atoms with Gasteiger partial charge in [-0.15, -0.1) is 66.5 Å². The van der Waals surface area contributed by atoms with Crippen molar-refractivity contribution >= 4 is 236 Å². The lowest BCUT2D eigenvalue weighted by molar-refractivity contribution is 1.70. The molecule has 7 aromatic carbocycles. The molecular weight excluding hydrogens is 787 g/mol. The van der Waals surface area contributed by atoms with E-state index in [1.54, 1.807) is 10.8 Å². The monoisotopic (exact) mass is 790 g/mol. The van der Waals surface area contributed by atoms with E-state index in [4.69, 9.17) is 113 Å². The highest BCUT2D eigenvalue weighted by Gasteiger charge is 2.45. The lowest BCUT2D eigenvalue weighted by Gasteiger charge is -2.29. The van der Waals surface area contributed by atoms with E-state index in [1.165, 1.54) is 0 Å². The Morgan fingerprint density at radius 2 is 0.900 bits per heavy atom. The van der Waals surface area contributed by atoms with Crippen LogP contribution < -0.4 is 20.8 Å². The zero-order valence-electron chi connectivity index (χ0n) is 19.1. The van der Waals surface area contributed by atoms with Crippen LogP contribution in [0.4, 0.5) is 0 Å². The van der Waals surface area contributed by atoms with Gasteiger partial charge in [0.25, 0.3) is 0 Å². The number of hydrogen-bond donors (Lipinski definition) is 2. The molecule has 0 saturated carbocycles.